The third-order valence-electron chi connectivity index (χ3n) is 3.57. The second-order valence-electron chi connectivity index (χ2n) is 5.60. The molecule has 132 valence electrons. The Morgan fingerprint density at radius 3 is 2.24 bits per heavy atom. The van der Waals surface area contributed by atoms with Gasteiger partial charge in [-0.05, 0) is 39.0 Å². The summed E-state index contributed by atoms with van der Waals surface area (Å²) in [6.07, 6.45) is 0. The Bertz CT molecular complexity index is 823. The predicted molar refractivity (Wildman–Crippen MR) is 92.6 cm³/mol. The van der Waals surface area contributed by atoms with Gasteiger partial charge in [0, 0.05) is 23.9 Å². The van der Waals surface area contributed by atoms with Gasteiger partial charge in [0.1, 0.15) is 17.1 Å². The van der Waals surface area contributed by atoms with E-state index in [4.69, 9.17) is 9.15 Å². The molecule has 0 unspecified atom stereocenters. The maximum atomic E-state index is 12.1. The van der Waals surface area contributed by atoms with Gasteiger partial charge in [-0.2, -0.15) is 0 Å². The topological polar surface area (TPSA) is 97.6 Å². The number of carbonyl (C=O) groups excluding carboxylic acids is 3. The largest absolute Gasteiger partial charge is 0.465 e. The van der Waals surface area contributed by atoms with Gasteiger partial charge < -0.3 is 19.8 Å². The zero-order valence-corrected chi connectivity index (χ0v) is 14.6. The normalized spacial score (nSPS) is 10.2. The third-order valence-corrected chi connectivity index (χ3v) is 3.57. The summed E-state index contributed by atoms with van der Waals surface area (Å²) in [5.74, 6) is -0.191. The van der Waals surface area contributed by atoms with Crippen molar-refractivity contribution in [2.24, 2.45) is 0 Å². The highest BCUT2D eigenvalue weighted by Crippen LogP contribution is 2.21. The lowest BCUT2D eigenvalue weighted by Crippen LogP contribution is -2.21. The van der Waals surface area contributed by atoms with Gasteiger partial charge in [0.05, 0.1) is 0 Å². The van der Waals surface area contributed by atoms with Crippen LogP contribution in [-0.4, -0.2) is 24.4 Å². The van der Waals surface area contributed by atoms with Crippen molar-refractivity contribution in [1.29, 1.82) is 0 Å². The molecule has 2 rings (SSSR count). The fourth-order valence-corrected chi connectivity index (χ4v) is 2.37. The van der Waals surface area contributed by atoms with Crippen LogP contribution in [0.1, 0.15) is 34.4 Å². The fourth-order valence-electron chi connectivity index (χ4n) is 2.37. The molecule has 25 heavy (non-hydrogen) atoms. The van der Waals surface area contributed by atoms with Crippen molar-refractivity contribution < 1.29 is 23.5 Å². The number of furan rings is 1. The van der Waals surface area contributed by atoms with Crippen LogP contribution in [0.15, 0.2) is 28.7 Å². The molecular formula is C18H20N2O5. The molecule has 0 saturated carbocycles. The van der Waals surface area contributed by atoms with Crippen LogP contribution in [0.3, 0.4) is 0 Å². The molecule has 2 aromatic rings. The van der Waals surface area contributed by atoms with Crippen LogP contribution in [0.5, 0.6) is 0 Å². The predicted octanol–water partition coefficient (Wildman–Crippen LogP) is 2.96. The monoisotopic (exact) mass is 344 g/mol. The highest BCUT2D eigenvalue weighted by atomic mass is 16.5. The molecule has 0 bridgehead atoms. The Morgan fingerprint density at radius 1 is 1.04 bits per heavy atom. The lowest BCUT2D eigenvalue weighted by atomic mass is 10.1. The highest BCUT2D eigenvalue weighted by Gasteiger charge is 2.20. The number of aryl methyl sites for hydroxylation is 2. The van der Waals surface area contributed by atoms with E-state index in [0.29, 0.717) is 34.0 Å². The van der Waals surface area contributed by atoms with Gasteiger partial charge in [0.2, 0.25) is 5.91 Å². The first-order valence-corrected chi connectivity index (χ1v) is 7.69. The van der Waals surface area contributed by atoms with Gasteiger partial charge in [0.15, 0.2) is 6.61 Å². The van der Waals surface area contributed by atoms with E-state index in [1.807, 2.05) is 0 Å². The number of carbonyl (C=O) groups is 3. The quantitative estimate of drug-likeness (QED) is 0.813. The van der Waals surface area contributed by atoms with Gasteiger partial charge >= 0.3 is 5.97 Å². The standard InChI is InChI=1S/C18H20N2O5/c1-10-11(2)25-12(3)17(10)18(23)24-9-16(22)20-15-7-5-6-14(8-15)19-13(4)21/h5-8H,9H2,1-4H3,(H,19,21)(H,20,22). The summed E-state index contributed by atoms with van der Waals surface area (Å²) in [5, 5.41) is 5.22. The van der Waals surface area contributed by atoms with Crippen molar-refractivity contribution in [2.45, 2.75) is 27.7 Å². The van der Waals surface area contributed by atoms with Crippen molar-refractivity contribution >= 4 is 29.2 Å². The zero-order valence-electron chi connectivity index (χ0n) is 14.6. The first-order valence-electron chi connectivity index (χ1n) is 7.69. The number of ether oxygens (including phenoxy) is 1. The molecule has 0 radical (unpaired) electrons. The van der Waals surface area contributed by atoms with Gasteiger partial charge in [-0.1, -0.05) is 6.07 Å². The molecule has 1 aromatic heterocycles. The summed E-state index contributed by atoms with van der Waals surface area (Å²) in [4.78, 5) is 35.1. The molecular weight excluding hydrogens is 324 g/mol. The second-order valence-corrected chi connectivity index (χ2v) is 5.60. The average molecular weight is 344 g/mol. The van der Waals surface area contributed by atoms with Gasteiger partial charge in [0.25, 0.3) is 5.91 Å². The number of hydrogen-bond donors (Lipinski definition) is 2. The van der Waals surface area contributed by atoms with Crippen molar-refractivity contribution in [2.75, 3.05) is 17.2 Å². The van der Waals surface area contributed by atoms with Crippen LogP contribution >= 0.6 is 0 Å². The van der Waals surface area contributed by atoms with E-state index in [2.05, 4.69) is 10.6 Å². The average Bonchev–Trinajstić information content (AvgIpc) is 2.77. The van der Waals surface area contributed by atoms with Gasteiger partial charge in [-0.15, -0.1) is 0 Å². The fraction of sp³-hybridized carbons (Fsp3) is 0.278. The van der Waals surface area contributed by atoms with Crippen molar-refractivity contribution in [3.63, 3.8) is 0 Å². The summed E-state index contributed by atoms with van der Waals surface area (Å²) < 4.78 is 10.4. The molecule has 0 spiro atoms. The maximum Gasteiger partial charge on any atom is 0.342 e. The molecule has 0 saturated heterocycles. The Hall–Kier alpha value is -3.09. The molecule has 0 aliphatic rings. The molecule has 0 fully saturated rings. The molecule has 0 aliphatic heterocycles. The van der Waals surface area contributed by atoms with E-state index in [1.54, 1.807) is 45.0 Å². The maximum absolute atomic E-state index is 12.1. The minimum absolute atomic E-state index is 0.210. The molecule has 2 N–H and O–H groups in total. The van der Waals surface area contributed by atoms with E-state index in [9.17, 15) is 14.4 Å². The number of esters is 1. The van der Waals surface area contributed by atoms with Gasteiger partial charge in [-0.3, -0.25) is 9.59 Å². The van der Waals surface area contributed by atoms with Crippen molar-refractivity contribution in [3.8, 4) is 0 Å². The first-order chi connectivity index (χ1) is 11.8. The van der Waals surface area contributed by atoms with Gasteiger partial charge in [-0.25, -0.2) is 4.79 Å². The Labute approximate surface area is 145 Å². The minimum atomic E-state index is -0.603. The SMILES string of the molecule is CC(=O)Nc1cccc(NC(=O)COC(=O)c2c(C)oc(C)c2C)c1. The summed E-state index contributed by atoms with van der Waals surface area (Å²) in [5.41, 5.74) is 2.09. The number of nitrogens with one attached hydrogen (secondary N) is 2. The first kappa shape index (κ1) is 18.3. The van der Waals surface area contributed by atoms with E-state index in [0.717, 1.165) is 0 Å². The van der Waals surface area contributed by atoms with E-state index in [-0.39, 0.29) is 5.91 Å². The summed E-state index contributed by atoms with van der Waals surface area (Å²) in [7, 11) is 0. The molecule has 2 amide bonds. The second kappa shape index (κ2) is 7.65. The number of anilines is 2. The van der Waals surface area contributed by atoms with E-state index in [1.165, 1.54) is 6.92 Å². The summed E-state index contributed by atoms with van der Waals surface area (Å²) in [6, 6.07) is 6.66. The smallest absolute Gasteiger partial charge is 0.342 e. The number of hydrogen-bond acceptors (Lipinski definition) is 5. The lowest BCUT2D eigenvalue weighted by molar-refractivity contribution is -0.119. The zero-order chi connectivity index (χ0) is 18.6. The summed E-state index contributed by atoms with van der Waals surface area (Å²) >= 11 is 0. The molecule has 7 heteroatoms. The van der Waals surface area contributed by atoms with E-state index < -0.39 is 18.5 Å². The van der Waals surface area contributed by atoms with Crippen molar-refractivity contribution in [3.05, 3.63) is 46.9 Å². The third kappa shape index (κ3) is 4.69. The Kier molecular flexibility index (Phi) is 5.59. The molecule has 0 atom stereocenters. The van der Waals surface area contributed by atoms with Crippen molar-refractivity contribution in [1.82, 2.24) is 0 Å². The Balaban J connectivity index is 1.94. The van der Waals surface area contributed by atoms with Crippen LogP contribution in [0.4, 0.5) is 11.4 Å². The number of rotatable bonds is 5. The number of amides is 2. The van der Waals surface area contributed by atoms with Crippen LogP contribution < -0.4 is 10.6 Å². The molecule has 1 heterocycles. The Morgan fingerprint density at radius 2 is 1.68 bits per heavy atom. The summed E-state index contributed by atoms with van der Waals surface area (Å²) in [6.45, 7) is 6.16. The van der Waals surface area contributed by atoms with Crippen LogP contribution in [0.25, 0.3) is 0 Å². The lowest BCUT2D eigenvalue weighted by Gasteiger charge is -2.08. The molecule has 1 aromatic carbocycles. The van der Waals surface area contributed by atoms with E-state index >= 15 is 0 Å². The number of benzene rings is 1. The molecule has 0 aliphatic carbocycles. The minimum Gasteiger partial charge on any atom is -0.465 e. The van der Waals surface area contributed by atoms with Crippen LogP contribution in [0.2, 0.25) is 0 Å². The van der Waals surface area contributed by atoms with Crippen LogP contribution in [0, 0.1) is 20.8 Å². The molecule has 7 nitrogen and oxygen atoms in total. The highest BCUT2D eigenvalue weighted by molar-refractivity contribution is 5.97. The van der Waals surface area contributed by atoms with Crippen LogP contribution in [-0.2, 0) is 14.3 Å².